The highest BCUT2D eigenvalue weighted by Crippen LogP contribution is 2.22. The quantitative estimate of drug-likeness (QED) is 0.597. The number of hydrogen-bond donors (Lipinski definition) is 1. The zero-order valence-electron chi connectivity index (χ0n) is 14.2. The Bertz CT molecular complexity index is 1200. The van der Waals surface area contributed by atoms with Crippen molar-refractivity contribution in [2.24, 2.45) is 7.05 Å². The van der Waals surface area contributed by atoms with Crippen LogP contribution in [0.15, 0.2) is 35.4 Å². The fourth-order valence-electron chi connectivity index (χ4n) is 3.08. The number of hydrogen-bond acceptors (Lipinski definition) is 5. The van der Waals surface area contributed by atoms with Crippen LogP contribution in [0.4, 0.5) is 0 Å². The van der Waals surface area contributed by atoms with Crippen LogP contribution in [0.25, 0.3) is 28.2 Å². The second kappa shape index (κ2) is 5.80. The number of nitrogens with zero attached hydrogens (tertiary/aromatic N) is 6. The minimum Gasteiger partial charge on any atom is -0.478 e. The summed E-state index contributed by atoms with van der Waals surface area (Å²) in [6.07, 6.45) is 2.42. The Morgan fingerprint density at radius 2 is 1.88 bits per heavy atom. The number of aromatic carboxylic acids is 1. The lowest BCUT2D eigenvalue weighted by atomic mass is 10.1. The summed E-state index contributed by atoms with van der Waals surface area (Å²) in [5, 5.41) is 17.4. The first-order chi connectivity index (χ1) is 12.5. The van der Waals surface area contributed by atoms with Gasteiger partial charge in [-0.1, -0.05) is 19.1 Å². The maximum atomic E-state index is 13.1. The minimum absolute atomic E-state index is 0.167. The first kappa shape index (κ1) is 16.0. The normalized spacial score (nSPS) is 11.5. The second-order valence-corrected chi connectivity index (χ2v) is 6.03. The number of carboxylic acid groups (broad SMARTS) is 1. The third-order valence-corrected chi connectivity index (χ3v) is 4.31. The van der Waals surface area contributed by atoms with Crippen LogP contribution in [0.1, 0.15) is 23.7 Å². The molecule has 26 heavy (non-hydrogen) atoms. The lowest BCUT2D eigenvalue weighted by Gasteiger charge is -2.08. The van der Waals surface area contributed by atoms with Crippen LogP contribution in [0.3, 0.4) is 0 Å². The van der Waals surface area contributed by atoms with E-state index in [-0.39, 0.29) is 11.3 Å². The largest absolute Gasteiger partial charge is 0.478 e. The Morgan fingerprint density at radius 3 is 2.54 bits per heavy atom. The lowest BCUT2D eigenvalue weighted by molar-refractivity contribution is 0.0697. The van der Waals surface area contributed by atoms with E-state index in [0.717, 1.165) is 11.9 Å². The number of fused-ring (bicyclic) bond motifs is 3. The summed E-state index contributed by atoms with van der Waals surface area (Å²) in [4.78, 5) is 28.5. The van der Waals surface area contributed by atoms with Gasteiger partial charge >= 0.3 is 11.7 Å². The summed E-state index contributed by atoms with van der Waals surface area (Å²) >= 11 is 0. The van der Waals surface area contributed by atoms with Crippen LogP contribution in [0.2, 0.25) is 0 Å². The Balaban J connectivity index is 2.05. The maximum Gasteiger partial charge on any atom is 0.337 e. The van der Waals surface area contributed by atoms with Crippen molar-refractivity contribution in [1.82, 2.24) is 28.7 Å². The van der Waals surface area contributed by atoms with E-state index in [2.05, 4.69) is 15.2 Å². The van der Waals surface area contributed by atoms with Crippen LogP contribution in [-0.4, -0.2) is 39.8 Å². The minimum atomic E-state index is -1.01. The molecule has 0 saturated heterocycles. The van der Waals surface area contributed by atoms with E-state index in [1.54, 1.807) is 23.0 Å². The van der Waals surface area contributed by atoms with Crippen molar-refractivity contribution < 1.29 is 9.90 Å². The molecule has 1 N–H and O–H groups in total. The van der Waals surface area contributed by atoms with Gasteiger partial charge in [-0.25, -0.2) is 19.0 Å². The number of aromatic nitrogens is 6. The van der Waals surface area contributed by atoms with Gasteiger partial charge in [0.05, 0.1) is 11.9 Å². The van der Waals surface area contributed by atoms with Gasteiger partial charge in [-0.3, -0.25) is 4.57 Å². The fraction of sp³-hybridized carbons (Fsp3) is 0.235. The van der Waals surface area contributed by atoms with Gasteiger partial charge in [-0.2, -0.15) is 0 Å². The van der Waals surface area contributed by atoms with E-state index in [4.69, 9.17) is 5.11 Å². The summed E-state index contributed by atoms with van der Waals surface area (Å²) in [6, 6.07) is 6.20. The Kier molecular flexibility index (Phi) is 3.57. The van der Waals surface area contributed by atoms with Crippen LogP contribution in [0, 0.1) is 0 Å². The molecule has 0 amide bonds. The zero-order valence-corrected chi connectivity index (χ0v) is 14.2. The highest BCUT2D eigenvalue weighted by atomic mass is 16.4. The Hall–Kier alpha value is -3.49. The number of rotatable bonds is 4. The number of carboxylic acids is 1. The number of aryl methyl sites for hydroxylation is 2. The molecule has 4 aromatic rings. The van der Waals surface area contributed by atoms with Gasteiger partial charge in [-0.15, -0.1) is 10.2 Å². The molecule has 1 aromatic carbocycles. The third kappa shape index (κ3) is 2.20. The van der Waals surface area contributed by atoms with Crippen molar-refractivity contribution in [2.75, 3.05) is 0 Å². The number of benzene rings is 1. The van der Waals surface area contributed by atoms with E-state index in [9.17, 15) is 9.59 Å². The van der Waals surface area contributed by atoms with Crippen molar-refractivity contribution in [1.29, 1.82) is 0 Å². The molecule has 0 saturated carbocycles. The summed E-state index contributed by atoms with van der Waals surface area (Å²) in [6.45, 7) is 2.51. The second-order valence-electron chi connectivity index (χ2n) is 6.03. The van der Waals surface area contributed by atoms with Gasteiger partial charge in [0.15, 0.2) is 17.1 Å². The summed E-state index contributed by atoms with van der Waals surface area (Å²) in [7, 11) is 1.84. The molecule has 0 aliphatic carbocycles. The van der Waals surface area contributed by atoms with Gasteiger partial charge in [0.2, 0.25) is 0 Å². The summed E-state index contributed by atoms with van der Waals surface area (Å²) in [5.74, 6) is -0.639. The molecule has 0 unspecified atom stereocenters. The highest BCUT2D eigenvalue weighted by Gasteiger charge is 2.20. The Labute approximate surface area is 147 Å². The molecule has 0 atom stereocenters. The van der Waals surface area contributed by atoms with Gasteiger partial charge < -0.3 is 9.67 Å². The summed E-state index contributed by atoms with van der Waals surface area (Å²) < 4.78 is 4.87. The third-order valence-electron chi connectivity index (χ3n) is 4.31. The smallest absolute Gasteiger partial charge is 0.337 e. The van der Waals surface area contributed by atoms with E-state index < -0.39 is 5.97 Å². The molecule has 132 valence electrons. The molecule has 4 rings (SSSR count). The van der Waals surface area contributed by atoms with Gasteiger partial charge in [0.25, 0.3) is 0 Å². The molecule has 0 fully saturated rings. The molecular weight excluding hydrogens is 336 g/mol. The first-order valence-corrected chi connectivity index (χ1v) is 8.15. The molecular formula is C17H16N6O3. The van der Waals surface area contributed by atoms with Crippen molar-refractivity contribution in [2.45, 2.75) is 19.9 Å². The van der Waals surface area contributed by atoms with Crippen LogP contribution >= 0.6 is 0 Å². The molecule has 3 aromatic heterocycles. The topological polar surface area (TPSA) is 107 Å². The molecule has 0 aliphatic rings. The van der Waals surface area contributed by atoms with Crippen molar-refractivity contribution in [3.8, 4) is 11.4 Å². The van der Waals surface area contributed by atoms with Crippen LogP contribution in [0.5, 0.6) is 0 Å². The average Bonchev–Trinajstić information content (AvgIpc) is 3.22. The molecule has 9 heteroatoms. The molecule has 3 heterocycles. The van der Waals surface area contributed by atoms with Crippen molar-refractivity contribution in [3.05, 3.63) is 46.6 Å². The lowest BCUT2D eigenvalue weighted by Crippen LogP contribution is -2.28. The molecule has 0 radical (unpaired) electrons. The fourth-order valence-corrected chi connectivity index (χ4v) is 3.08. The highest BCUT2D eigenvalue weighted by molar-refractivity contribution is 5.89. The average molecular weight is 352 g/mol. The van der Waals surface area contributed by atoms with E-state index in [1.165, 1.54) is 16.5 Å². The van der Waals surface area contributed by atoms with Crippen LogP contribution in [-0.2, 0) is 13.6 Å². The first-order valence-electron chi connectivity index (χ1n) is 8.15. The predicted octanol–water partition coefficient (Wildman–Crippen LogP) is 1.55. The molecule has 0 aliphatic heterocycles. The maximum absolute atomic E-state index is 13.1. The standard InChI is InChI=1S/C17H16N6O3/c1-3-8-22-14-12(21(2)9-18-14)15-20-19-13(23(15)17(22)26)10-4-6-11(7-5-10)16(24)25/h4-7,9H,3,8H2,1-2H3,(H,24,25). The Morgan fingerprint density at radius 1 is 1.15 bits per heavy atom. The summed E-state index contributed by atoms with van der Waals surface area (Å²) in [5.41, 5.74) is 2.24. The van der Waals surface area contributed by atoms with Crippen molar-refractivity contribution in [3.63, 3.8) is 0 Å². The van der Waals surface area contributed by atoms with E-state index in [1.807, 2.05) is 18.5 Å². The van der Waals surface area contributed by atoms with Gasteiger partial charge in [0, 0.05) is 19.2 Å². The molecule has 0 spiro atoms. The number of carbonyl (C=O) groups is 1. The SMILES string of the molecule is CCCn1c(=O)n2c(-c3ccc(C(=O)O)cc3)nnc2c2c1ncn2C. The molecule has 0 bridgehead atoms. The van der Waals surface area contributed by atoms with Gasteiger partial charge in [-0.05, 0) is 18.6 Å². The number of imidazole rings is 1. The monoisotopic (exact) mass is 352 g/mol. The predicted molar refractivity (Wildman–Crippen MR) is 94.2 cm³/mol. The molecule has 9 nitrogen and oxygen atoms in total. The zero-order chi connectivity index (χ0) is 18.4. The van der Waals surface area contributed by atoms with E-state index >= 15 is 0 Å². The van der Waals surface area contributed by atoms with E-state index in [0.29, 0.717) is 29.2 Å². The van der Waals surface area contributed by atoms with Crippen LogP contribution < -0.4 is 5.69 Å². The van der Waals surface area contributed by atoms with Gasteiger partial charge in [0.1, 0.15) is 5.52 Å². The van der Waals surface area contributed by atoms with Crippen molar-refractivity contribution >= 4 is 22.8 Å².